The summed E-state index contributed by atoms with van der Waals surface area (Å²) in [6.45, 7) is 2.53. The number of benzene rings is 2. The molecule has 0 aliphatic carbocycles. The maximum Gasteiger partial charge on any atom is 0.243 e. The second-order valence-electron chi connectivity index (χ2n) is 7.28. The summed E-state index contributed by atoms with van der Waals surface area (Å²) in [5, 5.41) is 3.02. The van der Waals surface area contributed by atoms with Gasteiger partial charge in [-0.1, -0.05) is 42.5 Å². The number of fused-ring (bicyclic) bond motifs is 1. The lowest BCUT2D eigenvalue weighted by Gasteiger charge is -2.25. The predicted octanol–water partition coefficient (Wildman–Crippen LogP) is 2.97. The van der Waals surface area contributed by atoms with Crippen molar-refractivity contribution < 1.29 is 9.59 Å². The zero-order valence-electron chi connectivity index (χ0n) is 15.9. The van der Waals surface area contributed by atoms with E-state index in [1.54, 1.807) is 4.90 Å². The number of rotatable bonds is 5. The van der Waals surface area contributed by atoms with Gasteiger partial charge in [-0.25, -0.2) is 4.98 Å². The van der Waals surface area contributed by atoms with Crippen molar-refractivity contribution in [3.8, 4) is 0 Å². The quantitative estimate of drug-likeness (QED) is 0.719. The fourth-order valence-electron chi connectivity index (χ4n) is 3.77. The topological polar surface area (TPSA) is 78.1 Å². The van der Waals surface area contributed by atoms with Gasteiger partial charge < -0.3 is 15.2 Å². The number of nitrogens with zero attached hydrogens (tertiary/aromatic N) is 2. The Hall–Kier alpha value is -3.15. The van der Waals surface area contributed by atoms with Crippen molar-refractivity contribution in [1.29, 1.82) is 0 Å². The Morgan fingerprint density at radius 2 is 1.93 bits per heavy atom. The molecule has 0 bridgehead atoms. The molecule has 1 aliphatic heterocycles. The maximum atomic E-state index is 12.9. The molecule has 0 spiro atoms. The summed E-state index contributed by atoms with van der Waals surface area (Å²) in [6.07, 6.45) is 1.86. The molecule has 3 aromatic rings. The van der Waals surface area contributed by atoms with Crippen molar-refractivity contribution >= 4 is 22.8 Å². The first-order chi connectivity index (χ1) is 13.6. The Bertz CT molecular complexity index is 949. The second kappa shape index (κ2) is 7.84. The zero-order valence-corrected chi connectivity index (χ0v) is 15.9. The molecule has 2 unspecified atom stereocenters. The smallest absolute Gasteiger partial charge is 0.243 e. The average molecular weight is 376 g/mol. The van der Waals surface area contributed by atoms with Gasteiger partial charge in [0.1, 0.15) is 11.9 Å². The average Bonchev–Trinajstić information content (AvgIpc) is 3.36. The Balaban J connectivity index is 1.42. The van der Waals surface area contributed by atoms with Crippen molar-refractivity contribution in [2.24, 2.45) is 0 Å². The highest BCUT2D eigenvalue weighted by molar-refractivity contribution is 5.89. The van der Waals surface area contributed by atoms with Crippen LogP contribution in [0.2, 0.25) is 0 Å². The van der Waals surface area contributed by atoms with Crippen LogP contribution >= 0.6 is 0 Å². The summed E-state index contributed by atoms with van der Waals surface area (Å²) >= 11 is 0. The molecule has 28 heavy (non-hydrogen) atoms. The predicted molar refractivity (Wildman–Crippen MR) is 108 cm³/mol. The Labute approximate surface area is 164 Å². The number of para-hydroxylation sites is 2. The normalized spacial score (nSPS) is 17.6. The molecule has 1 saturated heterocycles. The minimum absolute atomic E-state index is 0.000222. The molecule has 1 fully saturated rings. The number of carbonyl (C=O) groups excluding carboxylic acids is 2. The van der Waals surface area contributed by atoms with Crippen LogP contribution in [-0.4, -0.2) is 39.3 Å². The third kappa shape index (κ3) is 3.76. The number of imidazole rings is 1. The van der Waals surface area contributed by atoms with Gasteiger partial charge in [0.15, 0.2) is 0 Å². The summed E-state index contributed by atoms with van der Waals surface area (Å²) in [6, 6.07) is 16.8. The Morgan fingerprint density at radius 3 is 2.71 bits per heavy atom. The molecular formula is C22H24N4O2. The molecule has 6 nitrogen and oxygen atoms in total. The molecule has 144 valence electrons. The minimum atomic E-state index is -0.414. The van der Waals surface area contributed by atoms with E-state index in [0.717, 1.165) is 28.8 Å². The number of hydrogen-bond donors (Lipinski definition) is 2. The number of aromatic amines is 1. The SMILES string of the molecule is CC(NC(=O)C1CCCN1C(=O)Cc1ccccc1)c1nc2ccccc2[nH]1. The Kier molecular flexibility index (Phi) is 5.10. The number of likely N-dealkylation sites (tertiary alicyclic amines) is 1. The van der Waals surface area contributed by atoms with E-state index in [9.17, 15) is 9.59 Å². The molecule has 4 rings (SSSR count). The Morgan fingerprint density at radius 1 is 1.18 bits per heavy atom. The van der Waals surface area contributed by atoms with Crippen LogP contribution in [0.3, 0.4) is 0 Å². The van der Waals surface area contributed by atoms with E-state index >= 15 is 0 Å². The van der Waals surface area contributed by atoms with Crippen molar-refractivity contribution in [2.75, 3.05) is 6.54 Å². The largest absolute Gasteiger partial charge is 0.345 e. The van der Waals surface area contributed by atoms with Gasteiger partial charge in [0, 0.05) is 6.54 Å². The highest BCUT2D eigenvalue weighted by Crippen LogP contribution is 2.21. The molecule has 2 amide bonds. The van der Waals surface area contributed by atoms with E-state index in [2.05, 4.69) is 15.3 Å². The highest BCUT2D eigenvalue weighted by atomic mass is 16.2. The van der Waals surface area contributed by atoms with E-state index in [4.69, 9.17) is 0 Å². The van der Waals surface area contributed by atoms with Gasteiger partial charge in [0.2, 0.25) is 11.8 Å². The first-order valence-electron chi connectivity index (χ1n) is 9.70. The van der Waals surface area contributed by atoms with Crippen LogP contribution in [0.5, 0.6) is 0 Å². The second-order valence-corrected chi connectivity index (χ2v) is 7.28. The summed E-state index contributed by atoms with van der Waals surface area (Å²) in [5.74, 6) is 0.599. The van der Waals surface area contributed by atoms with Gasteiger partial charge in [-0.15, -0.1) is 0 Å². The van der Waals surface area contributed by atoms with Gasteiger partial charge in [0.05, 0.1) is 23.5 Å². The van der Waals surface area contributed by atoms with Crippen LogP contribution in [0.4, 0.5) is 0 Å². The molecule has 2 aromatic carbocycles. The fraction of sp³-hybridized carbons (Fsp3) is 0.318. The van der Waals surface area contributed by atoms with Gasteiger partial charge in [0.25, 0.3) is 0 Å². The maximum absolute atomic E-state index is 12.9. The zero-order chi connectivity index (χ0) is 19.5. The number of carbonyl (C=O) groups is 2. The van der Waals surface area contributed by atoms with Crippen molar-refractivity contribution in [3.63, 3.8) is 0 Å². The van der Waals surface area contributed by atoms with E-state index in [-0.39, 0.29) is 17.9 Å². The van der Waals surface area contributed by atoms with Crippen LogP contribution in [0.15, 0.2) is 54.6 Å². The molecule has 1 aromatic heterocycles. The minimum Gasteiger partial charge on any atom is -0.345 e. The molecule has 1 aliphatic rings. The molecule has 2 N–H and O–H groups in total. The van der Waals surface area contributed by atoms with Crippen LogP contribution in [-0.2, 0) is 16.0 Å². The van der Waals surface area contributed by atoms with E-state index in [1.165, 1.54) is 0 Å². The van der Waals surface area contributed by atoms with Gasteiger partial charge in [-0.3, -0.25) is 9.59 Å². The lowest BCUT2D eigenvalue weighted by atomic mass is 10.1. The van der Waals surface area contributed by atoms with Crippen molar-refractivity contribution in [2.45, 2.75) is 38.3 Å². The lowest BCUT2D eigenvalue weighted by molar-refractivity contribution is -0.138. The van der Waals surface area contributed by atoms with Gasteiger partial charge >= 0.3 is 0 Å². The van der Waals surface area contributed by atoms with Crippen LogP contribution in [0, 0.1) is 0 Å². The highest BCUT2D eigenvalue weighted by Gasteiger charge is 2.34. The van der Waals surface area contributed by atoms with Gasteiger partial charge in [-0.05, 0) is 37.5 Å². The number of aromatic nitrogens is 2. The molecular weight excluding hydrogens is 352 g/mol. The molecule has 2 heterocycles. The fourth-order valence-corrected chi connectivity index (χ4v) is 3.77. The number of hydrogen-bond acceptors (Lipinski definition) is 3. The third-order valence-corrected chi connectivity index (χ3v) is 5.25. The van der Waals surface area contributed by atoms with Crippen LogP contribution in [0.1, 0.15) is 37.2 Å². The first-order valence-corrected chi connectivity index (χ1v) is 9.70. The number of H-pyrrole nitrogens is 1. The molecule has 6 heteroatoms. The lowest BCUT2D eigenvalue weighted by Crippen LogP contribution is -2.47. The van der Waals surface area contributed by atoms with Crippen LogP contribution < -0.4 is 5.32 Å². The van der Waals surface area contributed by atoms with E-state index in [1.807, 2.05) is 61.5 Å². The summed E-state index contributed by atoms with van der Waals surface area (Å²) in [5.41, 5.74) is 2.78. The number of nitrogens with one attached hydrogen (secondary N) is 2. The van der Waals surface area contributed by atoms with E-state index in [0.29, 0.717) is 19.4 Å². The van der Waals surface area contributed by atoms with Crippen LogP contribution in [0.25, 0.3) is 11.0 Å². The summed E-state index contributed by atoms with van der Waals surface area (Å²) < 4.78 is 0. The van der Waals surface area contributed by atoms with Crippen molar-refractivity contribution in [3.05, 3.63) is 66.0 Å². The van der Waals surface area contributed by atoms with Gasteiger partial charge in [-0.2, -0.15) is 0 Å². The standard InChI is InChI=1S/C22H24N4O2/c1-15(21-24-17-10-5-6-11-18(17)25-21)23-22(28)19-12-7-13-26(19)20(27)14-16-8-3-2-4-9-16/h2-6,8-11,15,19H,7,12-14H2,1H3,(H,23,28)(H,24,25). The first kappa shape index (κ1) is 18.2. The number of amides is 2. The van der Waals surface area contributed by atoms with E-state index < -0.39 is 6.04 Å². The summed E-state index contributed by atoms with van der Waals surface area (Å²) in [7, 11) is 0. The monoisotopic (exact) mass is 376 g/mol. The molecule has 2 atom stereocenters. The molecule has 0 radical (unpaired) electrons. The molecule has 0 saturated carbocycles. The van der Waals surface area contributed by atoms with Crippen molar-refractivity contribution in [1.82, 2.24) is 20.2 Å². The summed E-state index contributed by atoms with van der Waals surface area (Å²) in [4.78, 5) is 35.1. The third-order valence-electron chi connectivity index (χ3n) is 5.25.